The van der Waals surface area contributed by atoms with E-state index < -0.39 is 0 Å². The van der Waals surface area contributed by atoms with Crippen LogP contribution < -0.4 is 5.73 Å². The van der Waals surface area contributed by atoms with Gasteiger partial charge < -0.3 is 14.7 Å². The molecule has 0 aliphatic heterocycles. The van der Waals surface area contributed by atoms with Crippen LogP contribution >= 0.6 is 0 Å². The van der Waals surface area contributed by atoms with Crippen molar-refractivity contribution in [2.24, 2.45) is 5.92 Å². The van der Waals surface area contributed by atoms with Gasteiger partial charge in [0.1, 0.15) is 5.76 Å². The summed E-state index contributed by atoms with van der Waals surface area (Å²) < 4.78 is 10.9. The zero-order valence-corrected chi connectivity index (χ0v) is 10.5. The highest BCUT2D eigenvalue weighted by molar-refractivity contribution is 5.61. The van der Waals surface area contributed by atoms with Crippen molar-refractivity contribution in [2.45, 2.75) is 33.6 Å². The van der Waals surface area contributed by atoms with Crippen molar-refractivity contribution < 1.29 is 8.94 Å². The van der Waals surface area contributed by atoms with Gasteiger partial charge in [0.15, 0.2) is 11.6 Å². The van der Waals surface area contributed by atoms with E-state index in [0.29, 0.717) is 23.3 Å². The Labute approximate surface area is 101 Å². The summed E-state index contributed by atoms with van der Waals surface area (Å²) >= 11 is 0. The molecule has 0 aliphatic carbocycles. The molecule has 2 aromatic heterocycles. The van der Waals surface area contributed by atoms with Crippen LogP contribution in [0.1, 0.15) is 32.1 Å². The molecule has 0 fully saturated rings. The Hall–Kier alpha value is -1.71. The summed E-state index contributed by atoms with van der Waals surface area (Å²) in [5.41, 5.74) is 6.76. The zero-order chi connectivity index (χ0) is 12.4. The van der Waals surface area contributed by atoms with E-state index in [1.165, 1.54) is 0 Å². The molecular formula is C13H18N2O2. The lowest BCUT2D eigenvalue weighted by atomic mass is 10.0. The Balaban J connectivity index is 2.37. The molecule has 17 heavy (non-hydrogen) atoms. The van der Waals surface area contributed by atoms with Crippen LogP contribution in [0.25, 0.3) is 11.5 Å². The minimum absolute atomic E-state index is 0.461. The summed E-state index contributed by atoms with van der Waals surface area (Å²) in [6.07, 6.45) is 1.70. The zero-order valence-electron chi connectivity index (χ0n) is 10.5. The summed E-state index contributed by atoms with van der Waals surface area (Å²) in [7, 11) is 0. The molecule has 2 N–H and O–H groups in total. The second kappa shape index (κ2) is 4.65. The third-order valence-electron chi connectivity index (χ3n) is 2.66. The molecule has 4 nitrogen and oxygen atoms in total. The van der Waals surface area contributed by atoms with Gasteiger partial charge in [0, 0.05) is 12.0 Å². The van der Waals surface area contributed by atoms with Crippen LogP contribution in [0.15, 0.2) is 21.1 Å². The quantitative estimate of drug-likeness (QED) is 0.881. The van der Waals surface area contributed by atoms with Crippen molar-refractivity contribution >= 4 is 5.82 Å². The number of hydrogen-bond acceptors (Lipinski definition) is 4. The van der Waals surface area contributed by atoms with Crippen molar-refractivity contribution in [3.05, 3.63) is 23.5 Å². The smallest absolute Gasteiger partial charge is 0.207 e. The summed E-state index contributed by atoms with van der Waals surface area (Å²) in [4.78, 5) is 0. The van der Waals surface area contributed by atoms with Crippen LogP contribution in [-0.2, 0) is 12.8 Å². The molecule has 2 rings (SSSR count). The number of furan rings is 1. The fraction of sp³-hybridized carbons (Fsp3) is 0.462. The van der Waals surface area contributed by atoms with E-state index in [1.54, 1.807) is 0 Å². The van der Waals surface area contributed by atoms with Crippen molar-refractivity contribution in [3.8, 4) is 11.5 Å². The molecule has 0 unspecified atom stereocenters. The normalized spacial score (nSPS) is 11.3. The number of rotatable bonds is 4. The molecule has 0 aliphatic rings. The second-order valence-corrected chi connectivity index (χ2v) is 4.59. The number of anilines is 1. The maximum absolute atomic E-state index is 5.82. The van der Waals surface area contributed by atoms with Crippen molar-refractivity contribution in [3.63, 3.8) is 0 Å². The standard InChI is InChI=1S/C13H18N2O2/c1-4-9-5-6-11(16-9)12-10(7-8(2)3)13(14)15-17-12/h5-6,8H,4,7H2,1-3H3,(H2,14,15). The Morgan fingerprint density at radius 2 is 2.12 bits per heavy atom. The molecular weight excluding hydrogens is 216 g/mol. The van der Waals surface area contributed by atoms with Crippen LogP contribution in [0.3, 0.4) is 0 Å². The van der Waals surface area contributed by atoms with E-state index in [0.717, 1.165) is 24.2 Å². The first-order chi connectivity index (χ1) is 8.11. The van der Waals surface area contributed by atoms with Crippen molar-refractivity contribution in [1.29, 1.82) is 0 Å². The lowest BCUT2D eigenvalue weighted by molar-refractivity contribution is 0.414. The average molecular weight is 234 g/mol. The van der Waals surface area contributed by atoms with Crippen LogP contribution in [0.2, 0.25) is 0 Å². The number of nitrogen functional groups attached to an aromatic ring is 1. The molecule has 0 bridgehead atoms. The monoisotopic (exact) mass is 234 g/mol. The number of aromatic nitrogens is 1. The van der Waals surface area contributed by atoms with Gasteiger partial charge in [-0.1, -0.05) is 25.9 Å². The Kier molecular flexibility index (Phi) is 3.22. The lowest BCUT2D eigenvalue weighted by Crippen LogP contribution is -1.98. The van der Waals surface area contributed by atoms with Gasteiger partial charge in [-0.05, 0) is 24.5 Å². The molecule has 2 heterocycles. The number of nitrogens with two attached hydrogens (primary N) is 1. The molecule has 0 amide bonds. The van der Waals surface area contributed by atoms with E-state index in [2.05, 4.69) is 19.0 Å². The maximum atomic E-state index is 5.82. The van der Waals surface area contributed by atoms with Gasteiger partial charge in [0.05, 0.1) is 0 Å². The molecule has 0 radical (unpaired) electrons. The first kappa shape index (κ1) is 11.8. The van der Waals surface area contributed by atoms with Gasteiger partial charge in [-0.2, -0.15) is 0 Å². The summed E-state index contributed by atoms with van der Waals surface area (Å²) in [6.45, 7) is 6.32. The fourth-order valence-electron chi connectivity index (χ4n) is 1.81. The number of nitrogens with zero attached hydrogens (tertiary/aromatic N) is 1. The molecule has 0 spiro atoms. The Morgan fingerprint density at radius 1 is 1.35 bits per heavy atom. The Bertz CT molecular complexity index is 497. The van der Waals surface area contributed by atoms with E-state index in [1.807, 2.05) is 19.1 Å². The van der Waals surface area contributed by atoms with Gasteiger partial charge in [-0.15, -0.1) is 0 Å². The fourth-order valence-corrected chi connectivity index (χ4v) is 1.81. The Morgan fingerprint density at radius 3 is 2.71 bits per heavy atom. The van der Waals surface area contributed by atoms with Crippen molar-refractivity contribution in [2.75, 3.05) is 5.73 Å². The molecule has 0 aromatic carbocycles. The maximum Gasteiger partial charge on any atom is 0.207 e. The highest BCUT2D eigenvalue weighted by Crippen LogP contribution is 2.31. The molecule has 0 atom stereocenters. The van der Waals surface area contributed by atoms with E-state index in [9.17, 15) is 0 Å². The predicted molar refractivity (Wildman–Crippen MR) is 66.5 cm³/mol. The van der Waals surface area contributed by atoms with Crippen LogP contribution in [-0.4, -0.2) is 5.16 Å². The topological polar surface area (TPSA) is 65.2 Å². The molecule has 0 saturated carbocycles. The predicted octanol–water partition coefficient (Wildman–Crippen LogP) is 3.28. The first-order valence-electron chi connectivity index (χ1n) is 5.95. The largest absolute Gasteiger partial charge is 0.458 e. The highest BCUT2D eigenvalue weighted by atomic mass is 16.5. The molecule has 92 valence electrons. The van der Waals surface area contributed by atoms with E-state index >= 15 is 0 Å². The van der Waals surface area contributed by atoms with Gasteiger partial charge >= 0.3 is 0 Å². The van der Waals surface area contributed by atoms with Gasteiger partial charge in [0.25, 0.3) is 0 Å². The SMILES string of the molecule is CCc1ccc(-c2onc(N)c2CC(C)C)o1. The second-order valence-electron chi connectivity index (χ2n) is 4.59. The minimum atomic E-state index is 0.461. The summed E-state index contributed by atoms with van der Waals surface area (Å²) in [5, 5.41) is 3.82. The van der Waals surface area contributed by atoms with Crippen LogP contribution in [0, 0.1) is 5.92 Å². The van der Waals surface area contributed by atoms with E-state index in [4.69, 9.17) is 14.7 Å². The summed E-state index contributed by atoms with van der Waals surface area (Å²) in [6, 6.07) is 3.86. The van der Waals surface area contributed by atoms with Gasteiger partial charge in [-0.3, -0.25) is 0 Å². The third kappa shape index (κ3) is 2.35. The first-order valence-corrected chi connectivity index (χ1v) is 5.95. The van der Waals surface area contributed by atoms with Gasteiger partial charge in [0.2, 0.25) is 5.76 Å². The number of aryl methyl sites for hydroxylation is 1. The minimum Gasteiger partial charge on any atom is -0.458 e. The van der Waals surface area contributed by atoms with Gasteiger partial charge in [-0.25, -0.2) is 0 Å². The average Bonchev–Trinajstić information content (AvgIpc) is 2.86. The van der Waals surface area contributed by atoms with Crippen molar-refractivity contribution in [1.82, 2.24) is 5.16 Å². The molecule has 4 heteroatoms. The lowest BCUT2D eigenvalue weighted by Gasteiger charge is -2.03. The third-order valence-corrected chi connectivity index (χ3v) is 2.66. The molecule has 0 saturated heterocycles. The highest BCUT2D eigenvalue weighted by Gasteiger charge is 2.19. The van der Waals surface area contributed by atoms with Crippen LogP contribution in [0.4, 0.5) is 5.82 Å². The molecule has 2 aromatic rings. The number of hydrogen-bond donors (Lipinski definition) is 1. The summed E-state index contributed by atoms with van der Waals surface area (Å²) in [5.74, 6) is 3.27. The van der Waals surface area contributed by atoms with E-state index in [-0.39, 0.29) is 0 Å². The van der Waals surface area contributed by atoms with Crippen LogP contribution in [0.5, 0.6) is 0 Å².